The number of aryl methyl sites for hydroxylation is 1. The summed E-state index contributed by atoms with van der Waals surface area (Å²) in [5, 5.41) is 0.569. The maximum Gasteiger partial charge on any atom is 0.159 e. The van der Waals surface area contributed by atoms with E-state index in [9.17, 15) is 0 Å². The van der Waals surface area contributed by atoms with E-state index in [1.807, 2.05) is 31.2 Å². The molecule has 0 aliphatic heterocycles. The van der Waals surface area contributed by atoms with E-state index in [0.29, 0.717) is 11.7 Å². The summed E-state index contributed by atoms with van der Waals surface area (Å²) in [7, 11) is 0. The molecule has 1 aromatic rings. The number of nitrogens with two attached hydrogens (primary N) is 2. The Bertz CT molecular complexity index is 306. The molecule has 14 heavy (non-hydrogen) atoms. The first-order chi connectivity index (χ1) is 6.72. The maximum atomic E-state index is 5.69. The van der Waals surface area contributed by atoms with Crippen molar-refractivity contribution in [3.8, 4) is 0 Å². The summed E-state index contributed by atoms with van der Waals surface area (Å²) in [6, 6.07) is 7.93. The number of hydrogen-bond donors (Lipinski definition) is 2. The third kappa shape index (κ3) is 3.81. The third-order valence-electron chi connectivity index (χ3n) is 1.64. The SMILES string of the molecule is Cc1ccc(N=C(N)SCCN)cc1. The number of hydrogen-bond acceptors (Lipinski definition) is 3. The first-order valence-electron chi connectivity index (χ1n) is 4.46. The second-order valence-corrected chi connectivity index (χ2v) is 4.04. The summed E-state index contributed by atoms with van der Waals surface area (Å²) in [6.07, 6.45) is 0. The van der Waals surface area contributed by atoms with Gasteiger partial charge < -0.3 is 11.5 Å². The fourth-order valence-corrected chi connectivity index (χ4v) is 1.44. The summed E-state index contributed by atoms with van der Waals surface area (Å²) in [5.74, 6) is 0.807. The third-order valence-corrected chi connectivity index (χ3v) is 2.47. The number of nitrogens with zero attached hydrogens (tertiary/aromatic N) is 1. The van der Waals surface area contributed by atoms with Crippen molar-refractivity contribution in [3.63, 3.8) is 0 Å². The molecule has 0 radical (unpaired) electrons. The minimum absolute atomic E-state index is 0.569. The van der Waals surface area contributed by atoms with Gasteiger partial charge in [0.25, 0.3) is 0 Å². The fraction of sp³-hybridized carbons (Fsp3) is 0.300. The van der Waals surface area contributed by atoms with Gasteiger partial charge in [0, 0.05) is 12.3 Å². The predicted octanol–water partition coefficient (Wildman–Crippen LogP) is 1.63. The first-order valence-corrected chi connectivity index (χ1v) is 5.44. The van der Waals surface area contributed by atoms with Gasteiger partial charge in [0.15, 0.2) is 5.17 Å². The average Bonchev–Trinajstić information content (AvgIpc) is 2.18. The van der Waals surface area contributed by atoms with Gasteiger partial charge in [-0.2, -0.15) is 0 Å². The Balaban J connectivity index is 2.61. The Labute approximate surface area is 88.6 Å². The number of aliphatic imine (C=N–C) groups is 1. The first kappa shape index (κ1) is 11.1. The second-order valence-electron chi connectivity index (χ2n) is 2.92. The monoisotopic (exact) mass is 209 g/mol. The lowest BCUT2D eigenvalue weighted by Gasteiger charge is -1.99. The van der Waals surface area contributed by atoms with E-state index in [2.05, 4.69) is 4.99 Å². The molecular formula is C10H15N3S. The highest BCUT2D eigenvalue weighted by Gasteiger charge is 1.93. The van der Waals surface area contributed by atoms with E-state index in [0.717, 1.165) is 11.4 Å². The molecule has 1 rings (SSSR count). The minimum atomic E-state index is 0.569. The molecule has 1 aromatic carbocycles. The quantitative estimate of drug-likeness (QED) is 0.587. The molecule has 4 N–H and O–H groups in total. The van der Waals surface area contributed by atoms with Crippen LogP contribution in [0.2, 0.25) is 0 Å². The van der Waals surface area contributed by atoms with Crippen molar-refractivity contribution >= 4 is 22.6 Å². The van der Waals surface area contributed by atoms with Crippen LogP contribution in [0.15, 0.2) is 29.3 Å². The van der Waals surface area contributed by atoms with Crippen LogP contribution in [0.5, 0.6) is 0 Å². The van der Waals surface area contributed by atoms with Gasteiger partial charge in [0.2, 0.25) is 0 Å². The van der Waals surface area contributed by atoms with Crippen molar-refractivity contribution in [3.05, 3.63) is 29.8 Å². The Morgan fingerprint density at radius 3 is 2.57 bits per heavy atom. The van der Waals surface area contributed by atoms with Gasteiger partial charge in [-0.05, 0) is 19.1 Å². The lowest BCUT2D eigenvalue weighted by atomic mass is 10.2. The van der Waals surface area contributed by atoms with Gasteiger partial charge in [-0.3, -0.25) is 0 Å². The standard InChI is InChI=1S/C10H15N3S/c1-8-2-4-9(5-3-8)13-10(12)14-7-6-11/h2-5H,6-7,11H2,1H3,(H2,12,13). The van der Waals surface area contributed by atoms with Crippen LogP contribution in [0.4, 0.5) is 5.69 Å². The van der Waals surface area contributed by atoms with Gasteiger partial charge >= 0.3 is 0 Å². The van der Waals surface area contributed by atoms with Crippen LogP contribution in [-0.2, 0) is 0 Å². The van der Waals surface area contributed by atoms with Crippen molar-refractivity contribution in [2.24, 2.45) is 16.5 Å². The Morgan fingerprint density at radius 2 is 2.00 bits per heavy atom. The Morgan fingerprint density at radius 1 is 1.36 bits per heavy atom. The summed E-state index contributed by atoms with van der Waals surface area (Å²) in [6.45, 7) is 2.66. The fourth-order valence-electron chi connectivity index (χ4n) is 0.942. The van der Waals surface area contributed by atoms with Crippen molar-refractivity contribution in [2.45, 2.75) is 6.92 Å². The van der Waals surface area contributed by atoms with E-state index in [1.54, 1.807) is 0 Å². The summed E-state index contributed by atoms with van der Waals surface area (Å²) < 4.78 is 0. The molecule has 0 aliphatic carbocycles. The molecule has 0 atom stereocenters. The maximum absolute atomic E-state index is 5.69. The summed E-state index contributed by atoms with van der Waals surface area (Å²) >= 11 is 1.48. The van der Waals surface area contributed by atoms with E-state index < -0.39 is 0 Å². The van der Waals surface area contributed by atoms with Crippen LogP contribution in [0, 0.1) is 6.92 Å². The molecule has 3 nitrogen and oxygen atoms in total. The van der Waals surface area contributed by atoms with Gasteiger partial charge in [-0.15, -0.1) is 0 Å². The average molecular weight is 209 g/mol. The highest BCUT2D eigenvalue weighted by Crippen LogP contribution is 2.14. The van der Waals surface area contributed by atoms with Gasteiger partial charge in [-0.25, -0.2) is 4.99 Å². The molecule has 0 spiro atoms. The number of rotatable bonds is 3. The van der Waals surface area contributed by atoms with Crippen LogP contribution in [0.25, 0.3) is 0 Å². The molecule has 0 aliphatic rings. The molecule has 0 saturated heterocycles. The molecule has 0 unspecified atom stereocenters. The molecular weight excluding hydrogens is 194 g/mol. The minimum Gasteiger partial charge on any atom is -0.378 e. The van der Waals surface area contributed by atoms with Gasteiger partial charge in [0.1, 0.15) is 0 Å². The topological polar surface area (TPSA) is 64.4 Å². The highest BCUT2D eigenvalue weighted by molar-refractivity contribution is 8.13. The molecule has 0 saturated carbocycles. The Hall–Kier alpha value is -1.00. The van der Waals surface area contributed by atoms with Gasteiger partial charge in [0.05, 0.1) is 5.69 Å². The second kappa shape index (κ2) is 5.67. The number of amidine groups is 1. The number of benzene rings is 1. The van der Waals surface area contributed by atoms with E-state index in [1.165, 1.54) is 17.3 Å². The van der Waals surface area contributed by atoms with Crippen LogP contribution in [0.1, 0.15) is 5.56 Å². The van der Waals surface area contributed by atoms with Crippen LogP contribution >= 0.6 is 11.8 Å². The predicted molar refractivity (Wildman–Crippen MR) is 64.0 cm³/mol. The molecule has 0 amide bonds. The summed E-state index contributed by atoms with van der Waals surface area (Å²) in [4.78, 5) is 4.24. The zero-order chi connectivity index (χ0) is 10.4. The largest absolute Gasteiger partial charge is 0.378 e. The summed E-state index contributed by atoms with van der Waals surface area (Å²) in [5.41, 5.74) is 13.2. The number of thioether (sulfide) groups is 1. The van der Waals surface area contributed by atoms with E-state index in [4.69, 9.17) is 11.5 Å². The van der Waals surface area contributed by atoms with E-state index in [-0.39, 0.29) is 0 Å². The highest BCUT2D eigenvalue weighted by atomic mass is 32.2. The van der Waals surface area contributed by atoms with Gasteiger partial charge in [-0.1, -0.05) is 29.5 Å². The van der Waals surface area contributed by atoms with Crippen molar-refractivity contribution in [2.75, 3.05) is 12.3 Å². The Kier molecular flexibility index (Phi) is 4.49. The molecule has 4 heteroatoms. The molecule has 0 heterocycles. The lowest BCUT2D eigenvalue weighted by molar-refractivity contribution is 1.15. The lowest BCUT2D eigenvalue weighted by Crippen LogP contribution is -2.10. The van der Waals surface area contributed by atoms with Crippen molar-refractivity contribution in [1.29, 1.82) is 0 Å². The normalized spacial score (nSPS) is 11.7. The van der Waals surface area contributed by atoms with E-state index >= 15 is 0 Å². The van der Waals surface area contributed by atoms with Crippen LogP contribution in [-0.4, -0.2) is 17.5 Å². The molecule has 0 bridgehead atoms. The zero-order valence-electron chi connectivity index (χ0n) is 8.23. The zero-order valence-corrected chi connectivity index (χ0v) is 9.05. The van der Waals surface area contributed by atoms with Crippen LogP contribution in [0.3, 0.4) is 0 Å². The molecule has 76 valence electrons. The van der Waals surface area contributed by atoms with Crippen LogP contribution < -0.4 is 11.5 Å². The van der Waals surface area contributed by atoms with Crippen molar-refractivity contribution in [1.82, 2.24) is 0 Å². The smallest absolute Gasteiger partial charge is 0.159 e. The molecule has 0 fully saturated rings. The molecule has 0 aromatic heterocycles. The van der Waals surface area contributed by atoms with Crippen molar-refractivity contribution < 1.29 is 0 Å².